The van der Waals surface area contributed by atoms with Crippen molar-refractivity contribution in [3.05, 3.63) is 35.4 Å². The predicted molar refractivity (Wildman–Crippen MR) is 128 cm³/mol. The van der Waals surface area contributed by atoms with E-state index in [0.29, 0.717) is 4.75 Å². The van der Waals surface area contributed by atoms with E-state index >= 15 is 0 Å². The molecule has 2 heterocycles. The van der Waals surface area contributed by atoms with E-state index in [2.05, 4.69) is 65.5 Å². The molecule has 6 heteroatoms. The first-order chi connectivity index (χ1) is 12.6. The number of thioether (sulfide) groups is 1. The summed E-state index contributed by atoms with van der Waals surface area (Å²) in [6, 6.07) is 8.79. The summed E-state index contributed by atoms with van der Waals surface area (Å²) in [7, 11) is 1.86. The van der Waals surface area contributed by atoms with Gasteiger partial charge >= 0.3 is 0 Å². The van der Waals surface area contributed by atoms with E-state index < -0.39 is 0 Å². The van der Waals surface area contributed by atoms with Gasteiger partial charge in [-0.05, 0) is 56.4 Å². The number of halogens is 1. The Balaban J connectivity index is 0.00000261. The van der Waals surface area contributed by atoms with E-state index in [0.717, 1.165) is 45.1 Å². The van der Waals surface area contributed by atoms with Gasteiger partial charge in [0.2, 0.25) is 0 Å². The van der Waals surface area contributed by atoms with Gasteiger partial charge < -0.3 is 15.4 Å². The molecule has 0 aromatic heterocycles. The Bertz CT molecular complexity index is 626. The summed E-state index contributed by atoms with van der Waals surface area (Å²) >= 11 is 2.08. The highest BCUT2D eigenvalue weighted by Gasteiger charge is 2.36. The lowest BCUT2D eigenvalue weighted by Crippen LogP contribution is -2.50. The van der Waals surface area contributed by atoms with Crippen LogP contribution in [-0.4, -0.2) is 49.8 Å². The predicted octanol–water partition coefficient (Wildman–Crippen LogP) is 4.11. The number of aliphatic imine (C=N–C) groups is 1. The maximum atomic E-state index is 5.67. The minimum Gasteiger partial charge on any atom is -0.381 e. The van der Waals surface area contributed by atoms with E-state index in [1.54, 1.807) is 0 Å². The van der Waals surface area contributed by atoms with Crippen molar-refractivity contribution in [3.63, 3.8) is 0 Å². The van der Waals surface area contributed by atoms with Crippen molar-refractivity contribution in [2.24, 2.45) is 4.99 Å². The monoisotopic (exact) mass is 503 g/mol. The van der Waals surface area contributed by atoms with Crippen LogP contribution in [0.3, 0.4) is 0 Å². The number of benzene rings is 1. The molecule has 0 aliphatic carbocycles. The fourth-order valence-corrected chi connectivity index (χ4v) is 5.44. The second-order valence-corrected chi connectivity index (χ2v) is 9.57. The summed E-state index contributed by atoms with van der Waals surface area (Å²) in [6.07, 6.45) is 4.71. The molecule has 0 radical (unpaired) electrons. The molecule has 1 aromatic carbocycles. The van der Waals surface area contributed by atoms with Crippen LogP contribution in [-0.2, 0) is 10.2 Å². The van der Waals surface area contributed by atoms with Gasteiger partial charge in [-0.2, -0.15) is 11.8 Å². The highest BCUT2D eigenvalue weighted by atomic mass is 127. The van der Waals surface area contributed by atoms with Crippen LogP contribution in [0, 0.1) is 6.92 Å². The van der Waals surface area contributed by atoms with Crippen molar-refractivity contribution >= 4 is 41.7 Å². The summed E-state index contributed by atoms with van der Waals surface area (Å²) in [6.45, 7) is 8.10. The van der Waals surface area contributed by atoms with E-state index in [9.17, 15) is 0 Å². The third kappa shape index (κ3) is 5.76. The van der Waals surface area contributed by atoms with E-state index in [4.69, 9.17) is 4.74 Å². The second-order valence-electron chi connectivity index (χ2n) is 7.89. The molecule has 0 amide bonds. The molecule has 2 aliphatic heterocycles. The SMILES string of the molecule is CN=C(NCC1(C)CCCS1)NCC1(c2ccccc2C)CCOCC1.I. The number of nitrogens with zero attached hydrogens (tertiary/aromatic N) is 1. The molecule has 1 unspecified atom stereocenters. The van der Waals surface area contributed by atoms with E-state index in [1.807, 2.05) is 7.05 Å². The molecule has 3 rings (SSSR count). The number of guanidine groups is 1. The quantitative estimate of drug-likeness (QED) is 0.361. The zero-order valence-corrected chi connectivity index (χ0v) is 20.0. The Hall–Kier alpha value is -0.470. The molecule has 2 N–H and O–H groups in total. The van der Waals surface area contributed by atoms with E-state index in [-0.39, 0.29) is 29.4 Å². The molecule has 1 aromatic rings. The first-order valence-corrected chi connectivity index (χ1v) is 10.8. The third-order valence-electron chi connectivity index (χ3n) is 5.91. The molecular formula is C21H34IN3OS. The fourth-order valence-electron chi connectivity index (χ4n) is 4.19. The molecule has 152 valence electrons. The van der Waals surface area contributed by atoms with Crippen molar-refractivity contribution in [1.82, 2.24) is 10.6 Å². The van der Waals surface area contributed by atoms with Gasteiger partial charge in [-0.15, -0.1) is 24.0 Å². The maximum Gasteiger partial charge on any atom is 0.191 e. The van der Waals surface area contributed by atoms with Crippen LogP contribution in [0.4, 0.5) is 0 Å². The third-order valence-corrected chi connectivity index (χ3v) is 7.45. The van der Waals surface area contributed by atoms with Crippen LogP contribution in [0.1, 0.15) is 43.7 Å². The summed E-state index contributed by atoms with van der Waals surface area (Å²) in [5, 5.41) is 7.18. The summed E-state index contributed by atoms with van der Waals surface area (Å²) in [5.74, 6) is 2.19. The van der Waals surface area contributed by atoms with Crippen LogP contribution in [0.5, 0.6) is 0 Å². The maximum absolute atomic E-state index is 5.67. The molecule has 2 fully saturated rings. The number of rotatable bonds is 5. The number of nitrogens with one attached hydrogen (secondary N) is 2. The summed E-state index contributed by atoms with van der Waals surface area (Å²) in [5.41, 5.74) is 2.94. The first-order valence-electron chi connectivity index (χ1n) is 9.79. The van der Waals surface area contributed by atoms with Crippen LogP contribution in [0.2, 0.25) is 0 Å². The number of ether oxygens (including phenoxy) is 1. The average molecular weight is 503 g/mol. The Morgan fingerprint density at radius 1 is 1.15 bits per heavy atom. The highest BCUT2D eigenvalue weighted by molar-refractivity contribution is 14.0. The highest BCUT2D eigenvalue weighted by Crippen LogP contribution is 2.37. The molecule has 2 saturated heterocycles. The largest absolute Gasteiger partial charge is 0.381 e. The van der Waals surface area contributed by atoms with Gasteiger partial charge in [0, 0.05) is 43.5 Å². The Morgan fingerprint density at radius 2 is 1.85 bits per heavy atom. The lowest BCUT2D eigenvalue weighted by Gasteiger charge is -2.39. The van der Waals surface area contributed by atoms with Gasteiger partial charge in [0.1, 0.15) is 0 Å². The number of hydrogen-bond donors (Lipinski definition) is 2. The number of aryl methyl sites for hydroxylation is 1. The lowest BCUT2D eigenvalue weighted by atomic mass is 9.72. The Kier molecular flexibility index (Phi) is 8.74. The standard InChI is InChI=1S/C21H33N3OS.HI/c1-17-7-4-5-8-18(17)21(10-12-25-13-11-21)16-24-19(22-3)23-15-20(2)9-6-14-26-20;/h4-5,7-8H,6,9-16H2,1-3H3,(H2,22,23,24);1H. The van der Waals surface area contributed by atoms with Crippen molar-refractivity contribution in [2.45, 2.75) is 49.7 Å². The molecule has 1 atom stereocenters. The molecule has 2 aliphatic rings. The van der Waals surface area contributed by atoms with Gasteiger partial charge in [-0.3, -0.25) is 4.99 Å². The normalized spacial score (nSPS) is 24.9. The van der Waals surface area contributed by atoms with Gasteiger partial charge in [-0.25, -0.2) is 0 Å². The second kappa shape index (κ2) is 10.3. The Labute approximate surface area is 185 Å². The van der Waals surface area contributed by atoms with Gasteiger partial charge in [0.15, 0.2) is 5.96 Å². The van der Waals surface area contributed by atoms with Crippen LogP contribution in [0.25, 0.3) is 0 Å². The summed E-state index contributed by atoms with van der Waals surface area (Å²) in [4.78, 5) is 4.47. The van der Waals surface area contributed by atoms with E-state index in [1.165, 1.54) is 29.7 Å². The molecule has 4 nitrogen and oxygen atoms in total. The smallest absolute Gasteiger partial charge is 0.191 e. The van der Waals surface area contributed by atoms with Gasteiger partial charge in [-0.1, -0.05) is 24.3 Å². The molecule has 0 spiro atoms. The fraction of sp³-hybridized carbons (Fsp3) is 0.667. The zero-order chi connectivity index (χ0) is 18.5. The van der Waals surface area contributed by atoms with Gasteiger partial charge in [0.25, 0.3) is 0 Å². The number of hydrogen-bond acceptors (Lipinski definition) is 3. The van der Waals surface area contributed by atoms with Crippen molar-refractivity contribution in [3.8, 4) is 0 Å². The minimum absolute atomic E-state index is 0. The van der Waals surface area contributed by atoms with Crippen molar-refractivity contribution in [2.75, 3.05) is 39.1 Å². The topological polar surface area (TPSA) is 45.7 Å². The van der Waals surface area contributed by atoms with Crippen molar-refractivity contribution in [1.29, 1.82) is 0 Å². The van der Waals surface area contributed by atoms with Crippen LogP contribution >= 0.6 is 35.7 Å². The van der Waals surface area contributed by atoms with Crippen LogP contribution < -0.4 is 10.6 Å². The van der Waals surface area contributed by atoms with Gasteiger partial charge in [0.05, 0.1) is 0 Å². The molecular weight excluding hydrogens is 469 g/mol. The Morgan fingerprint density at radius 3 is 2.48 bits per heavy atom. The molecule has 0 saturated carbocycles. The average Bonchev–Trinajstić information content (AvgIpc) is 3.10. The lowest BCUT2D eigenvalue weighted by molar-refractivity contribution is 0.0512. The molecule has 0 bridgehead atoms. The minimum atomic E-state index is 0. The summed E-state index contributed by atoms with van der Waals surface area (Å²) < 4.78 is 6.01. The van der Waals surface area contributed by atoms with Crippen LogP contribution in [0.15, 0.2) is 29.3 Å². The first kappa shape index (κ1) is 22.8. The zero-order valence-electron chi connectivity index (χ0n) is 16.8. The van der Waals surface area contributed by atoms with Crippen molar-refractivity contribution < 1.29 is 4.74 Å². The molecule has 27 heavy (non-hydrogen) atoms.